The van der Waals surface area contributed by atoms with Gasteiger partial charge < -0.3 is 5.73 Å². The smallest absolute Gasteiger partial charge is 0.285 e. The van der Waals surface area contributed by atoms with E-state index in [1.54, 1.807) is 12.1 Å². The third kappa shape index (κ3) is 4.74. The molecule has 1 atom stereocenters. The molecule has 31 heavy (non-hydrogen) atoms. The van der Waals surface area contributed by atoms with E-state index in [0.717, 1.165) is 16.8 Å². The lowest BCUT2D eigenvalue weighted by molar-refractivity contribution is 0.470. The lowest BCUT2D eigenvalue weighted by Crippen LogP contribution is -2.33. The Kier molecular flexibility index (Phi) is 6.00. The molecule has 3 aromatic carbocycles. The Balaban J connectivity index is 1.70. The summed E-state index contributed by atoms with van der Waals surface area (Å²) in [4.78, 5) is 0.000519. The highest BCUT2D eigenvalue weighted by Crippen LogP contribution is 2.29. The maximum Gasteiger partial charge on any atom is 0.285 e. The summed E-state index contributed by atoms with van der Waals surface area (Å²) in [5.41, 5.74) is 8.74. The fourth-order valence-electron chi connectivity index (χ4n) is 3.30. The van der Waals surface area contributed by atoms with Gasteiger partial charge in [-0.15, -0.1) is 4.40 Å². The number of hydrazone groups is 1. The predicted octanol–water partition coefficient (Wildman–Crippen LogP) is 4.50. The van der Waals surface area contributed by atoms with Crippen molar-refractivity contribution in [3.8, 4) is 0 Å². The Morgan fingerprint density at radius 3 is 2.13 bits per heavy atom. The minimum Gasteiger partial charge on any atom is -0.367 e. The van der Waals surface area contributed by atoms with E-state index in [4.69, 9.17) is 28.9 Å². The fourth-order valence-corrected chi connectivity index (χ4v) is 4.48. The Morgan fingerprint density at radius 1 is 0.935 bits per heavy atom. The van der Waals surface area contributed by atoms with Crippen molar-refractivity contribution < 1.29 is 8.42 Å². The average Bonchev–Trinajstić information content (AvgIpc) is 3.21. The largest absolute Gasteiger partial charge is 0.367 e. The summed E-state index contributed by atoms with van der Waals surface area (Å²) >= 11 is 11.9. The lowest BCUT2D eigenvalue weighted by atomic mass is 9.91. The van der Waals surface area contributed by atoms with Crippen molar-refractivity contribution in [2.45, 2.75) is 10.8 Å². The van der Waals surface area contributed by atoms with E-state index in [2.05, 4.69) is 9.50 Å². The van der Waals surface area contributed by atoms with E-state index in [1.165, 1.54) is 29.3 Å². The third-order valence-electron chi connectivity index (χ3n) is 4.85. The van der Waals surface area contributed by atoms with Crippen molar-refractivity contribution in [1.29, 1.82) is 0 Å². The van der Waals surface area contributed by atoms with Crippen molar-refractivity contribution in [2.75, 3.05) is 6.54 Å². The van der Waals surface area contributed by atoms with Gasteiger partial charge in [-0.1, -0.05) is 65.7 Å². The first kappa shape index (κ1) is 21.4. The molecule has 1 aliphatic heterocycles. The van der Waals surface area contributed by atoms with E-state index < -0.39 is 10.0 Å². The first-order chi connectivity index (χ1) is 14.8. The number of halogens is 2. The molecule has 4 rings (SSSR count). The topological polar surface area (TPSA) is 88.1 Å². The molecule has 0 fully saturated rings. The molecule has 9 heteroatoms. The van der Waals surface area contributed by atoms with Crippen molar-refractivity contribution in [3.05, 3.63) is 100 Å². The predicted molar refractivity (Wildman–Crippen MR) is 124 cm³/mol. The highest BCUT2D eigenvalue weighted by Gasteiger charge is 2.31. The van der Waals surface area contributed by atoms with Crippen molar-refractivity contribution in [3.63, 3.8) is 0 Å². The molecule has 0 spiro atoms. The second-order valence-corrected chi connectivity index (χ2v) is 9.39. The molecule has 1 aliphatic rings. The maximum atomic E-state index is 12.7. The lowest BCUT2D eigenvalue weighted by Gasteiger charge is -2.15. The van der Waals surface area contributed by atoms with Crippen LogP contribution in [0.15, 0.2) is 93.3 Å². The standard InChI is InChI=1S/C22H18Cl2N4O2S/c23-17-8-6-16(7-9-17)21-20(15-4-2-1-3-5-15)14-28(26-21)22(25)27-31(29,30)19-12-10-18(24)11-13-19/h1-13,20H,14H2,(H2,25,27)/t20-/m0/s1. The zero-order valence-electron chi connectivity index (χ0n) is 16.2. The van der Waals surface area contributed by atoms with Crippen LogP contribution in [-0.4, -0.2) is 31.6 Å². The summed E-state index contributed by atoms with van der Waals surface area (Å²) in [5.74, 6) is -0.325. The monoisotopic (exact) mass is 472 g/mol. The Morgan fingerprint density at radius 2 is 1.52 bits per heavy atom. The molecule has 1 heterocycles. The molecule has 0 saturated heterocycles. The molecule has 0 amide bonds. The summed E-state index contributed by atoms with van der Waals surface area (Å²) in [6.07, 6.45) is 0. The Hall–Kier alpha value is -2.87. The second kappa shape index (κ2) is 8.70. The number of rotatable bonds is 4. The van der Waals surface area contributed by atoms with Crippen LogP contribution in [0, 0.1) is 0 Å². The van der Waals surface area contributed by atoms with Gasteiger partial charge in [0.2, 0.25) is 5.96 Å². The van der Waals surface area contributed by atoms with Crippen LogP contribution < -0.4 is 5.73 Å². The van der Waals surface area contributed by atoms with E-state index in [1.807, 2.05) is 42.5 Å². The molecular weight excluding hydrogens is 455 g/mol. The molecule has 0 bridgehead atoms. The van der Waals surface area contributed by atoms with Crippen molar-refractivity contribution >= 4 is 44.9 Å². The minimum atomic E-state index is -4.01. The van der Waals surface area contributed by atoms with Gasteiger partial charge in [-0.25, -0.2) is 5.01 Å². The minimum absolute atomic E-state index is 0.000519. The Labute approximate surface area is 190 Å². The zero-order chi connectivity index (χ0) is 22.0. The van der Waals surface area contributed by atoms with Crippen LogP contribution in [0.2, 0.25) is 10.0 Å². The summed E-state index contributed by atoms with van der Waals surface area (Å²) in [5, 5.41) is 7.06. The van der Waals surface area contributed by atoms with Crippen LogP contribution in [0.4, 0.5) is 0 Å². The number of guanidine groups is 1. The number of benzene rings is 3. The third-order valence-corrected chi connectivity index (χ3v) is 6.64. The number of nitrogens with two attached hydrogens (primary N) is 1. The molecule has 2 N–H and O–H groups in total. The van der Waals surface area contributed by atoms with E-state index in [-0.39, 0.29) is 16.8 Å². The van der Waals surface area contributed by atoms with Gasteiger partial charge in [0, 0.05) is 16.0 Å². The van der Waals surface area contributed by atoms with Gasteiger partial charge in [-0.3, -0.25) is 0 Å². The zero-order valence-corrected chi connectivity index (χ0v) is 18.5. The van der Waals surface area contributed by atoms with Gasteiger partial charge in [0.25, 0.3) is 10.0 Å². The quantitative estimate of drug-likeness (QED) is 0.447. The molecule has 3 aromatic rings. The molecular formula is C22H18Cl2N4O2S. The molecule has 158 valence electrons. The first-order valence-electron chi connectivity index (χ1n) is 9.36. The SMILES string of the molecule is N/C(=N\S(=O)(=O)c1ccc(Cl)cc1)N1C[C@@H](c2ccccc2)C(c2ccc(Cl)cc2)=N1. The van der Waals surface area contributed by atoms with Gasteiger partial charge >= 0.3 is 0 Å². The van der Waals surface area contributed by atoms with E-state index in [9.17, 15) is 8.42 Å². The van der Waals surface area contributed by atoms with Gasteiger partial charge in [-0.05, 0) is 47.5 Å². The number of hydrogen-bond acceptors (Lipinski definition) is 3. The van der Waals surface area contributed by atoms with Gasteiger partial charge in [0.1, 0.15) is 0 Å². The molecule has 0 unspecified atom stereocenters. The number of nitrogens with zero attached hydrogens (tertiary/aromatic N) is 3. The fraction of sp³-hybridized carbons (Fsp3) is 0.0909. The van der Waals surface area contributed by atoms with Gasteiger partial charge in [-0.2, -0.15) is 13.5 Å². The van der Waals surface area contributed by atoms with Gasteiger partial charge in [0.05, 0.1) is 17.2 Å². The molecule has 0 aliphatic carbocycles. The number of sulfonamides is 1. The van der Waals surface area contributed by atoms with Crippen LogP contribution in [0.1, 0.15) is 17.0 Å². The maximum absolute atomic E-state index is 12.7. The highest BCUT2D eigenvalue weighted by molar-refractivity contribution is 7.90. The second-order valence-electron chi connectivity index (χ2n) is 6.92. The van der Waals surface area contributed by atoms with Crippen molar-refractivity contribution in [2.24, 2.45) is 15.2 Å². The van der Waals surface area contributed by atoms with Crippen LogP contribution in [0.3, 0.4) is 0 Å². The van der Waals surface area contributed by atoms with Crippen LogP contribution >= 0.6 is 23.2 Å². The van der Waals surface area contributed by atoms with E-state index >= 15 is 0 Å². The van der Waals surface area contributed by atoms with Crippen molar-refractivity contribution in [1.82, 2.24) is 5.01 Å². The molecule has 0 saturated carbocycles. The molecule has 0 aromatic heterocycles. The van der Waals surface area contributed by atoms with Crippen LogP contribution in [0.5, 0.6) is 0 Å². The van der Waals surface area contributed by atoms with Crippen LogP contribution in [-0.2, 0) is 10.0 Å². The molecule has 0 radical (unpaired) electrons. The van der Waals surface area contributed by atoms with Gasteiger partial charge in [0.15, 0.2) is 0 Å². The summed E-state index contributed by atoms with van der Waals surface area (Å²) in [7, 11) is -4.01. The Bertz CT molecular complexity index is 1240. The summed E-state index contributed by atoms with van der Waals surface area (Å²) in [6, 6.07) is 22.9. The normalized spacial score (nSPS) is 17.0. The van der Waals surface area contributed by atoms with E-state index in [0.29, 0.717) is 16.6 Å². The van der Waals surface area contributed by atoms with Crippen LogP contribution in [0.25, 0.3) is 0 Å². The average molecular weight is 473 g/mol. The molecule has 6 nitrogen and oxygen atoms in total. The first-order valence-corrected chi connectivity index (χ1v) is 11.6. The highest BCUT2D eigenvalue weighted by atomic mass is 35.5. The summed E-state index contributed by atoms with van der Waals surface area (Å²) < 4.78 is 29.1. The number of hydrogen-bond donors (Lipinski definition) is 1. The summed E-state index contributed by atoms with van der Waals surface area (Å²) in [6.45, 7) is 0.355.